The van der Waals surface area contributed by atoms with E-state index in [1.807, 2.05) is 6.92 Å². The molecule has 0 saturated heterocycles. The number of carbonyl (C=O) groups is 1. The Morgan fingerprint density at radius 2 is 2.47 bits per heavy atom. The normalized spacial score (nSPS) is 16.1. The van der Waals surface area contributed by atoms with Crippen molar-refractivity contribution >= 4 is 22.4 Å². The first-order valence-electron chi connectivity index (χ1n) is 5.25. The Morgan fingerprint density at radius 3 is 3.13 bits per heavy atom. The fourth-order valence-electron chi connectivity index (χ4n) is 1.63. The number of fused-ring (bicyclic) bond motifs is 1. The van der Waals surface area contributed by atoms with E-state index in [1.165, 1.54) is 11.3 Å². The lowest BCUT2D eigenvalue weighted by atomic mass is 10.2. The highest BCUT2D eigenvalue weighted by molar-refractivity contribution is 7.15. The molecule has 1 atom stereocenters. The van der Waals surface area contributed by atoms with Crippen molar-refractivity contribution in [2.75, 3.05) is 5.32 Å². The second kappa shape index (κ2) is 4.28. The second-order valence-corrected chi connectivity index (χ2v) is 4.83. The zero-order valence-electron chi connectivity index (χ0n) is 8.75. The largest absolute Gasteiger partial charge is 0.320 e. The summed E-state index contributed by atoms with van der Waals surface area (Å²) in [5, 5.41) is 3.47. The fourth-order valence-corrected chi connectivity index (χ4v) is 2.68. The lowest BCUT2D eigenvalue weighted by Gasteiger charge is -2.06. The van der Waals surface area contributed by atoms with Crippen LogP contribution in [0.15, 0.2) is 0 Å². The van der Waals surface area contributed by atoms with Gasteiger partial charge in [0.15, 0.2) is 5.13 Å². The van der Waals surface area contributed by atoms with Crippen molar-refractivity contribution in [1.82, 2.24) is 4.98 Å². The predicted molar refractivity (Wildman–Crippen MR) is 61.0 cm³/mol. The van der Waals surface area contributed by atoms with E-state index >= 15 is 0 Å². The Hall–Kier alpha value is -0.940. The highest BCUT2D eigenvalue weighted by Crippen LogP contribution is 2.30. The van der Waals surface area contributed by atoms with Crippen LogP contribution in [0.2, 0.25) is 0 Å². The molecule has 1 heterocycles. The van der Waals surface area contributed by atoms with Crippen molar-refractivity contribution < 1.29 is 4.79 Å². The minimum Gasteiger partial charge on any atom is -0.320 e. The molecule has 0 spiro atoms. The van der Waals surface area contributed by atoms with Crippen LogP contribution in [0.25, 0.3) is 0 Å². The fraction of sp³-hybridized carbons (Fsp3) is 0.600. The first-order chi connectivity index (χ1) is 7.20. The van der Waals surface area contributed by atoms with Crippen LogP contribution >= 0.6 is 11.3 Å². The number of nitrogens with one attached hydrogen (secondary N) is 1. The summed E-state index contributed by atoms with van der Waals surface area (Å²) in [5.74, 6) is -0.134. The van der Waals surface area contributed by atoms with Gasteiger partial charge in [-0.2, -0.15) is 0 Å². The van der Waals surface area contributed by atoms with Gasteiger partial charge in [-0.05, 0) is 25.7 Å². The smallest absolute Gasteiger partial charge is 0.243 e. The van der Waals surface area contributed by atoms with Crippen molar-refractivity contribution in [1.29, 1.82) is 0 Å². The van der Waals surface area contributed by atoms with Crippen molar-refractivity contribution in [3.63, 3.8) is 0 Å². The Kier molecular flexibility index (Phi) is 3.02. The first-order valence-corrected chi connectivity index (χ1v) is 6.07. The third-order valence-electron chi connectivity index (χ3n) is 2.60. The van der Waals surface area contributed by atoms with Gasteiger partial charge in [-0.25, -0.2) is 4.98 Å². The highest BCUT2D eigenvalue weighted by Gasteiger charge is 2.19. The van der Waals surface area contributed by atoms with E-state index in [4.69, 9.17) is 5.73 Å². The van der Waals surface area contributed by atoms with Gasteiger partial charge < -0.3 is 11.1 Å². The molecule has 15 heavy (non-hydrogen) atoms. The predicted octanol–water partition coefficient (Wildman–Crippen LogP) is 1.31. The summed E-state index contributed by atoms with van der Waals surface area (Å²) < 4.78 is 0. The molecule has 5 heteroatoms. The number of aryl methyl sites for hydroxylation is 2. The topological polar surface area (TPSA) is 68.0 Å². The quantitative estimate of drug-likeness (QED) is 0.815. The molecule has 1 aromatic rings. The molecule has 0 fully saturated rings. The molecular weight excluding hydrogens is 210 g/mol. The molecule has 0 aliphatic heterocycles. The molecule has 0 unspecified atom stereocenters. The van der Waals surface area contributed by atoms with Crippen molar-refractivity contribution in [2.24, 2.45) is 5.73 Å². The zero-order chi connectivity index (χ0) is 10.8. The molecule has 2 rings (SSSR count). The van der Waals surface area contributed by atoms with Gasteiger partial charge in [-0.1, -0.05) is 6.92 Å². The molecular formula is C10H15N3OS. The summed E-state index contributed by atoms with van der Waals surface area (Å²) in [6.07, 6.45) is 3.98. The lowest BCUT2D eigenvalue weighted by Crippen LogP contribution is -2.34. The molecule has 4 nitrogen and oxygen atoms in total. The molecule has 1 aromatic heterocycles. The van der Waals surface area contributed by atoms with Crippen LogP contribution in [0.1, 0.15) is 30.3 Å². The van der Waals surface area contributed by atoms with Gasteiger partial charge in [-0.15, -0.1) is 11.3 Å². The summed E-state index contributed by atoms with van der Waals surface area (Å²) in [6.45, 7) is 1.89. The van der Waals surface area contributed by atoms with Crippen molar-refractivity contribution in [2.45, 2.75) is 38.6 Å². The molecule has 3 N–H and O–H groups in total. The molecule has 0 bridgehead atoms. The second-order valence-electron chi connectivity index (χ2n) is 3.75. The van der Waals surface area contributed by atoms with Crippen LogP contribution in [0.5, 0.6) is 0 Å². The number of amides is 1. The molecule has 0 radical (unpaired) electrons. The van der Waals surface area contributed by atoms with Gasteiger partial charge >= 0.3 is 0 Å². The maximum atomic E-state index is 11.5. The maximum absolute atomic E-state index is 11.5. The standard InChI is InChI=1S/C10H15N3OS/c1-2-6(11)9(14)13-10-12-7-4-3-5-8(7)15-10/h6H,2-5,11H2,1H3,(H,12,13,14)/t6-/m0/s1. The minimum absolute atomic E-state index is 0.134. The van der Waals surface area contributed by atoms with Gasteiger partial charge in [0.1, 0.15) is 0 Å². The first kappa shape index (κ1) is 10.6. The Morgan fingerprint density at radius 1 is 1.67 bits per heavy atom. The van der Waals surface area contributed by atoms with E-state index in [0.717, 1.165) is 18.5 Å². The maximum Gasteiger partial charge on any atom is 0.243 e. The summed E-state index contributed by atoms with van der Waals surface area (Å²) in [5.41, 5.74) is 6.77. The highest BCUT2D eigenvalue weighted by atomic mass is 32.1. The van der Waals surface area contributed by atoms with Crippen molar-refractivity contribution in [3.05, 3.63) is 10.6 Å². The molecule has 1 aliphatic rings. The summed E-state index contributed by atoms with van der Waals surface area (Å²) in [4.78, 5) is 17.2. The average molecular weight is 225 g/mol. The number of anilines is 1. The SMILES string of the molecule is CC[C@H](N)C(=O)Nc1nc2c(s1)CCC2. The number of thiazole rings is 1. The van der Waals surface area contributed by atoms with Gasteiger partial charge in [0.25, 0.3) is 0 Å². The van der Waals surface area contributed by atoms with Gasteiger partial charge in [0.05, 0.1) is 11.7 Å². The Labute approximate surface area is 92.9 Å². The Bertz CT molecular complexity index is 353. The van der Waals surface area contributed by atoms with E-state index in [0.29, 0.717) is 11.6 Å². The molecule has 82 valence electrons. The molecule has 1 amide bonds. The van der Waals surface area contributed by atoms with Crippen molar-refractivity contribution in [3.8, 4) is 0 Å². The van der Waals surface area contributed by atoms with Crippen LogP contribution < -0.4 is 11.1 Å². The van der Waals surface area contributed by atoms with Gasteiger partial charge in [0.2, 0.25) is 5.91 Å². The number of nitrogens with two attached hydrogens (primary N) is 1. The Balaban J connectivity index is 2.02. The monoisotopic (exact) mass is 225 g/mol. The third-order valence-corrected chi connectivity index (χ3v) is 3.68. The number of hydrogen-bond acceptors (Lipinski definition) is 4. The van der Waals surface area contributed by atoms with E-state index in [2.05, 4.69) is 10.3 Å². The van der Waals surface area contributed by atoms with Crippen LogP contribution in [0.4, 0.5) is 5.13 Å². The average Bonchev–Trinajstić information content (AvgIpc) is 2.76. The van der Waals surface area contributed by atoms with Crippen LogP contribution in [0, 0.1) is 0 Å². The molecule has 0 aromatic carbocycles. The minimum atomic E-state index is -0.427. The zero-order valence-corrected chi connectivity index (χ0v) is 9.56. The summed E-state index contributed by atoms with van der Waals surface area (Å²) >= 11 is 1.58. The van der Waals surface area contributed by atoms with Gasteiger partial charge in [0, 0.05) is 4.88 Å². The van der Waals surface area contributed by atoms with Crippen LogP contribution in [-0.4, -0.2) is 16.9 Å². The summed E-state index contributed by atoms with van der Waals surface area (Å²) in [7, 11) is 0. The van der Waals surface area contributed by atoms with Gasteiger partial charge in [-0.3, -0.25) is 4.79 Å². The van der Waals surface area contributed by atoms with Crippen LogP contribution in [0.3, 0.4) is 0 Å². The molecule has 0 saturated carbocycles. The number of aromatic nitrogens is 1. The number of hydrogen-bond donors (Lipinski definition) is 2. The number of nitrogens with zero attached hydrogens (tertiary/aromatic N) is 1. The van der Waals surface area contributed by atoms with E-state index in [1.54, 1.807) is 11.3 Å². The number of rotatable bonds is 3. The third kappa shape index (κ3) is 2.18. The summed E-state index contributed by atoms with van der Waals surface area (Å²) in [6, 6.07) is -0.427. The van der Waals surface area contributed by atoms with E-state index in [-0.39, 0.29) is 5.91 Å². The van der Waals surface area contributed by atoms with E-state index < -0.39 is 6.04 Å². The van der Waals surface area contributed by atoms with E-state index in [9.17, 15) is 4.79 Å². The number of carbonyl (C=O) groups excluding carboxylic acids is 1. The molecule has 1 aliphatic carbocycles. The lowest BCUT2D eigenvalue weighted by molar-refractivity contribution is -0.117. The van der Waals surface area contributed by atoms with Crippen LogP contribution in [-0.2, 0) is 17.6 Å².